The molecule has 1 N–H and O–H groups in total. The molecule has 0 saturated carbocycles. The lowest BCUT2D eigenvalue weighted by Crippen LogP contribution is -2.24. The van der Waals surface area contributed by atoms with Gasteiger partial charge in [0, 0.05) is 32.1 Å². The van der Waals surface area contributed by atoms with Crippen molar-refractivity contribution in [3.8, 4) is 5.69 Å². The molecule has 0 aliphatic carbocycles. The Hall–Kier alpha value is -1.65. The molecule has 1 heterocycles. The standard InChI is InChI=1S/C15H21N3O/c1-2-17(10-4-12-19)13-14-5-7-15(8-6-14)18-11-3-9-16-18/h3,5-9,11,19H,2,4,10,12-13H2,1H3. The minimum Gasteiger partial charge on any atom is -0.396 e. The van der Waals surface area contributed by atoms with Gasteiger partial charge in [-0.1, -0.05) is 19.1 Å². The number of hydrogen-bond donors (Lipinski definition) is 1. The second-order valence-electron chi connectivity index (χ2n) is 4.56. The maximum atomic E-state index is 8.88. The Morgan fingerprint density at radius 2 is 2.05 bits per heavy atom. The quantitative estimate of drug-likeness (QED) is 0.827. The summed E-state index contributed by atoms with van der Waals surface area (Å²) in [6.07, 6.45) is 4.55. The summed E-state index contributed by atoms with van der Waals surface area (Å²) in [7, 11) is 0. The molecule has 1 aromatic carbocycles. The van der Waals surface area contributed by atoms with E-state index in [0.29, 0.717) is 0 Å². The summed E-state index contributed by atoms with van der Waals surface area (Å²) in [6, 6.07) is 10.4. The number of aliphatic hydroxyl groups excluding tert-OH is 1. The predicted molar refractivity (Wildman–Crippen MR) is 76.2 cm³/mol. The monoisotopic (exact) mass is 259 g/mol. The lowest BCUT2D eigenvalue weighted by molar-refractivity contribution is 0.225. The van der Waals surface area contributed by atoms with Gasteiger partial charge in [-0.25, -0.2) is 4.68 Å². The van der Waals surface area contributed by atoms with Gasteiger partial charge in [-0.2, -0.15) is 5.10 Å². The third-order valence-electron chi connectivity index (χ3n) is 3.19. The molecule has 4 nitrogen and oxygen atoms in total. The summed E-state index contributed by atoms with van der Waals surface area (Å²) in [5.74, 6) is 0. The Bertz CT molecular complexity index is 465. The van der Waals surface area contributed by atoms with E-state index in [1.165, 1.54) is 5.56 Å². The van der Waals surface area contributed by atoms with Crippen LogP contribution in [-0.4, -0.2) is 39.5 Å². The minimum atomic E-state index is 0.259. The first-order valence-corrected chi connectivity index (χ1v) is 6.75. The summed E-state index contributed by atoms with van der Waals surface area (Å²) >= 11 is 0. The highest BCUT2D eigenvalue weighted by atomic mass is 16.3. The number of aliphatic hydroxyl groups is 1. The highest BCUT2D eigenvalue weighted by Crippen LogP contribution is 2.10. The summed E-state index contributed by atoms with van der Waals surface area (Å²) < 4.78 is 1.85. The lowest BCUT2D eigenvalue weighted by atomic mass is 10.2. The predicted octanol–water partition coefficient (Wildman–Crippen LogP) is 2.08. The molecular weight excluding hydrogens is 238 g/mol. The van der Waals surface area contributed by atoms with E-state index < -0.39 is 0 Å². The van der Waals surface area contributed by atoms with Crippen molar-refractivity contribution in [3.05, 3.63) is 48.3 Å². The van der Waals surface area contributed by atoms with Gasteiger partial charge in [0.05, 0.1) is 5.69 Å². The van der Waals surface area contributed by atoms with Crippen LogP contribution in [0.5, 0.6) is 0 Å². The van der Waals surface area contributed by atoms with Gasteiger partial charge in [-0.05, 0) is 36.7 Å². The molecule has 19 heavy (non-hydrogen) atoms. The van der Waals surface area contributed by atoms with Crippen molar-refractivity contribution in [2.75, 3.05) is 19.7 Å². The van der Waals surface area contributed by atoms with Crippen LogP contribution in [-0.2, 0) is 6.54 Å². The van der Waals surface area contributed by atoms with Crippen molar-refractivity contribution in [1.82, 2.24) is 14.7 Å². The molecule has 0 atom stereocenters. The number of nitrogens with zero attached hydrogens (tertiary/aromatic N) is 3. The molecule has 0 amide bonds. The van der Waals surface area contributed by atoms with E-state index in [2.05, 4.69) is 41.2 Å². The maximum Gasteiger partial charge on any atom is 0.0645 e. The van der Waals surface area contributed by atoms with Gasteiger partial charge in [0.25, 0.3) is 0 Å². The van der Waals surface area contributed by atoms with Gasteiger partial charge in [0.15, 0.2) is 0 Å². The highest BCUT2D eigenvalue weighted by Gasteiger charge is 2.03. The molecule has 1 aromatic heterocycles. The van der Waals surface area contributed by atoms with E-state index in [1.54, 1.807) is 6.20 Å². The van der Waals surface area contributed by atoms with Gasteiger partial charge >= 0.3 is 0 Å². The highest BCUT2D eigenvalue weighted by molar-refractivity contribution is 5.33. The summed E-state index contributed by atoms with van der Waals surface area (Å²) in [6.45, 7) is 5.27. The Morgan fingerprint density at radius 3 is 2.63 bits per heavy atom. The molecule has 2 rings (SSSR count). The zero-order valence-corrected chi connectivity index (χ0v) is 11.4. The number of aromatic nitrogens is 2. The van der Waals surface area contributed by atoms with Crippen LogP contribution in [0, 0.1) is 0 Å². The third-order valence-corrected chi connectivity index (χ3v) is 3.19. The van der Waals surface area contributed by atoms with Gasteiger partial charge in [0.1, 0.15) is 0 Å². The van der Waals surface area contributed by atoms with E-state index in [1.807, 2.05) is 16.9 Å². The Kier molecular flexibility index (Phi) is 5.12. The lowest BCUT2D eigenvalue weighted by Gasteiger charge is -2.20. The van der Waals surface area contributed by atoms with Crippen molar-refractivity contribution in [3.63, 3.8) is 0 Å². The second-order valence-corrected chi connectivity index (χ2v) is 4.56. The molecule has 0 radical (unpaired) electrons. The average molecular weight is 259 g/mol. The summed E-state index contributed by atoms with van der Waals surface area (Å²) in [4.78, 5) is 2.33. The fourth-order valence-corrected chi connectivity index (χ4v) is 2.08. The van der Waals surface area contributed by atoms with E-state index in [-0.39, 0.29) is 6.61 Å². The molecule has 102 valence electrons. The van der Waals surface area contributed by atoms with Crippen molar-refractivity contribution in [2.45, 2.75) is 19.9 Å². The molecule has 4 heteroatoms. The smallest absolute Gasteiger partial charge is 0.0645 e. The normalized spacial score (nSPS) is 11.1. The fraction of sp³-hybridized carbons (Fsp3) is 0.400. The molecule has 0 fully saturated rings. The van der Waals surface area contributed by atoms with Crippen molar-refractivity contribution in [1.29, 1.82) is 0 Å². The summed E-state index contributed by atoms with van der Waals surface area (Å²) in [5, 5.41) is 13.1. The first kappa shape index (κ1) is 13.8. The molecule has 0 aliphatic rings. The second kappa shape index (κ2) is 7.07. The molecule has 0 unspecified atom stereocenters. The Balaban J connectivity index is 1.98. The topological polar surface area (TPSA) is 41.3 Å². The largest absolute Gasteiger partial charge is 0.396 e. The van der Waals surface area contributed by atoms with Crippen molar-refractivity contribution < 1.29 is 5.11 Å². The number of benzene rings is 1. The number of hydrogen-bond acceptors (Lipinski definition) is 3. The van der Waals surface area contributed by atoms with E-state index in [4.69, 9.17) is 5.11 Å². The van der Waals surface area contributed by atoms with Gasteiger partial charge in [-0.15, -0.1) is 0 Å². The maximum absolute atomic E-state index is 8.88. The van der Waals surface area contributed by atoms with Crippen molar-refractivity contribution in [2.24, 2.45) is 0 Å². The zero-order chi connectivity index (χ0) is 13.5. The van der Waals surface area contributed by atoms with Crippen LogP contribution in [0.1, 0.15) is 18.9 Å². The van der Waals surface area contributed by atoms with E-state index in [0.717, 1.165) is 31.7 Å². The van der Waals surface area contributed by atoms with E-state index >= 15 is 0 Å². The molecule has 0 spiro atoms. The Labute approximate surface area is 114 Å². The van der Waals surface area contributed by atoms with Crippen LogP contribution < -0.4 is 0 Å². The van der Waals surface area contributed by atoms with Gasteiger partial charge < -0.3 is 5.11 Å². The molecule has 0 bridgehead atoms. The number of rotatable bonds is 7. The van der Waals surface area contributed by atoms with Crippen molar-refractivity contribution >= 4 is 0 Å². The molecule has 0 saturated heterocycles. The van der Waals surface area contributed by atoms with Crippen LogP contribution in [0.3, 0.4) is 0 Å². The molecule has 0 aliphatic heterocycles. The van der Waals surface area contributed by atoms with Gasteiger partial charge in [-0.3, -0.25) is 4.90 Å². The van der Waals surface area contributed by atoms with Gasteiger partial charge in [0.2, 0.25) is 0 Å². The van der Waals surface area contributed by atoms with Crippen LogP contribution in [0.15, 0.2) is 42.7 Å². The van der Waals surface area contributed by atoms with Crippen LogP contribution in [0.25, 0.3) is 5.69 Å². The third kappa shape index (κ3) is 3.91. The van der Waals surface area contributed by atoms with Crippen LogP contribution >= 0.6 is 0 Å². The zero-order valence-electron chi connectivity index (χ0n) is 11.4. The SMILES string of the molecule is CCN(CCCO)Cc1ccc(-n2cccn2)cc1. The van der Waals surface area contributed by atoms with Crippen LogP contribution in [0.2, 0.25) is 0 Å². The van der Waals surface area contributed by atoms with Crippen LogP contribution in [0.4, 0.5) is 0 Å². The Morgan fingerprint density at radius 1 is 1.26 bits per heavy atom. The minimum absolute atomic E-state index is 0.259. The first-order chi connectivity index (χ1) is 9.33. The molecule has 2 aromatic rings. The average Bonchev–Trinajstić information content (AvgIpc) is 2.98. The summed E-state index contributed by atoms with van der Waals surface area (Å²) in [5.41, 5.74) is 2.36. The molecular formula is C15H21N3O. The fourth-order valence-electron chi connectivity index (χ4n) is 2.08. The van der Waals surface area contributed by atoms with E-state index in [9.17, 15) is 0 Å². The first-order valence-electron chi connectivity index (χ1n) is 6.75.